The van der Waals surface area contributed by atoms with Crippen molar-refractivity contribution in [1.29, 1.82) is 0 Å². The van der Waals surface area contributed by atoms with Gasteiger partial charge in [-0.05, 0) is 31.3 Å². The van der Waals surface area contributed by atoms with Crippen LogP contribution >= 0.6 is 12.2 Å². The van der Waals surface area contributed by atoms with E-state index in [2.05, 4.69) is 5.10 Å². The van der Waals surface area contributed by atoms with Gasteiger partial charge in [0, 0.05) is 13.2 Å². The van der Waals surface area contributed by atoms with Gasteiger partial charge in [0.25, 0.3) is 5.91 Å². The van der Waals surface area contributed by atoms with Gasteiger partial charge in [0.2, 0.25) is 0 Å². The average Bonchev–Trinajstić information content (AvgIpc) is 2.77. The van der Waals surface area contributed by atoms with E-state index in [0.717, 1.165) is 6.07 Å². The highest BCUT2D eigenvalue weighted by molar-refractivity contribution is 7.80. The topological polar surface area (TPSA) is 64.2 Å². The van der Waals surface area contributed by atoms with Crippen LogP contribution in [0.2, 0.25) is 0 Å². The van der Waals surface area contributed by atoms with Crippen LogP contribution in [-0.4, -0.2) is 20.8 Å². The van der Waals surface area contributed by atoms with Gasteiger partial charge in [-0.15, -0.1) is 0 Å². The summed E-state index contributed by atoms with van der Waals surface area (Å²) < 4.78 is 41.7. The van der Waals surface area contributed by atoms with Crippen LogP contribution < -0.4 is 10.6 Å². The summed E-state index contributed by atoms with van der Waals surface area (Å²) in [6.45, 7) is 1.56. The predicted molar refractivity (Wildman–Crippen MR) is 77.9 cm³/mol. The number of rotatable bonds is 2. The van der Waals surface area contributed by atoms with Crippen molar-refractivity contribution in [1.82, 2.24) is 9.78 Å². The van der Waals surface area contributed by atoms with Crippen LogP contribution in [0.4, 0.5) is 18.9 Å². The number of benzene rings is 1. The molecule has 2 rings (SSSR count). The van der Waals surface area contributed by atoms with E-state index in [9.17, 15) is 18.0 Å². The van der Waals surface area contributed by atoms with Crippen LogP contribution in [-0.2, 0) is 7.05 Å². The molecule has 2 N–H and O–H groups in total. The van der Waals surface area contributed by atoms with Gasteiger partial charge < -0.3 is 5.73 Å². The molecule has 1 aromatic heterocycles. The Labute approximate surface area is 129 Å². The number of aryl methyl sites for hydroxylation is 2. The Kier molecular flexibility index (Phi) is 4.18. The maximum absolute atomic E-state index is 13.9. The van der Waals surface area contributed by atoms with Crippen molar-refractivity contribution in [2.75, 3.05) is 4.90 Å². The van der Waals surface area contributed by atoms with E-state index < -0.39 is 34.2 Å². The molecule has 5 nitrogen and oxygen atoms in total. The third-order valence-corrected chi connectivity index (χ3v) is 3.11. The summed E-state index contributed by atoms with van der Waals surface area (Å²) in [5.41, 5.74) is 5.35. The molecule has 1 aromatic carbocycles. The zero-order valence-corrected chi connectivity index (χ0v) is 12.4. The third-order valence-electron chi connectivity index (χ3n) is 2.92. The summed E-state index contributed by atoms with van der Waals surface area (Å²) in [6.07, 6.45) is 1.39. The van der Waals surface area contributed by atoms with Gasteiger partial charge in [-0.1, -0.05) is 0 Å². The molecular formula is C13H11F3N4OS. The normalized spacial score (nSPS) is 10.6. The van der Waals surface area contributed by atoms with Gasteiger partial charge in [-0.2, -0.15) is 5.10 Å². The van der Waals surface area contributed by atoms with E-state index in [1.165, 1.54) is 10.9 Å². The molecule has 0 aliphatic rings. The Bertz CT molecular complexity index is 775. The van der Waals surface area contributed by atoms with Crippen molar-refractivity contribution in [3.05, 3.63) is 47.0 Å². The van der Waals surface area contributed by atoms with Crippen molar-refractivity contribution in [3.63, 3.8) is 0 Å². The van der Waals surface area contributed by atoms with Crippen molar-refractivity contribution in [2.24, 2.45) is 12.8 Å². The summed E-state index contributed by atoms with van der Waals surface area (Å²) in [5, 5.41) is 3.48. The third kappa shape index (κ3) is 2.67. The first-order valence-corrected chi connectivity index (χ1v) is 6.42. The number of nitrogens with zero attached hydrogens (tertiary/aromatic N) is 3. The molecule has 0 saturated carbocycles. The maximum Gasteiger partial charge on any atom is 0.268 e. The second-order valence-corrected chi connectivity index (χ2v) is 4.89. The van der Waals surface area contributed by atoms with Gasteiger partial charge in [0.05, 0.1) is 16.9 Å². The van der Waals surface area contributed by atoms with Crippen LogP contribution in [0.15, 0.2) is 18.3 Å². The fourth-order valence-electron chi connectivity index (χ4n) is 1.95. The molecule has 0 spiro atoms. The first kappa shape index (κ1) is 16.0. The molecule has 0 saturated heterocycles. The standard InChI is InChI=1S/C13H11F3N4OS/c1-6-7(5-19(2)18-6)12(21)20(13(17)22)9-4-3-8(14)10(15)11(9)16/h3-5H,1-2H3,(H2,17,22). The highest BCUT2D eigenvalue weighted by atomic mass is 32.1. The van der Waals surface area contributed by atoms with Crippen molar-refractivity contribution >= 4 is 28.9 Å². The minimum absolute atomic E-state index is 0.111. The van der Waals surface area contributed by atoms with E-state index in [1.807, 2.05) is 0 Å². The Hall–Kier alpha value is -2.42. The first-order chi connectivity index (χ1) is 10.2. The van der Waals surface area contributed by atoms with Crippen molar-refractivity contribution < 1.29 is 18.0 Å². The molecule has 0 aliphatic heterocycles. The van der Waals surface area contributed by atoms with Gasteiger partial charge in [-0.3, -0.25) is 14.4 Å². The van der Waals surface area contributed by atoms with Crippen LogP contribution in [0.25, 0.3) is 0 Å². The lowest BCUT2D eigenvalue weighted by molar-refractivity contribution is 0.100. The first-order valence-electron chi connectivity index (χ1n) is 6.01. The summed E-state index contributed by atoms with van der Waals surface area (Å²) in [6, 6.07) is 1.57. The molecule has 116 valence electrons. The Balaban J connectivity index is 2.57. The highest BCUT2D eigenvalue weighted by Gasteiger charge is 2.28. The number of hydrogen-bond acceptors (Lipinski definition) is 3. The maximum atomic E-state index is 13.9. The Morgan fingerprint density at radius 3 is 2.45 bits per heavy atom. The quantitative estimate of drug-likeness (QED) is 0.677. The number of anilines is 1. The van der Waals surface area contributed by atoms with E-state index in [1.54, 1.807) is 14.0 Å². The van der Waals surface area contributed by atoms with Crippen LogP contribution in [0.5, 0.6) is 0 Å². The number of carbonyl (C=O) groups excluding carboxylic acids is 1. The van der Waals surface area contributed by atoms with Crippen LogP contribution in [0.1, 0.15) is 16.1 Å². The molecule has 1 amide bonds. The lowest BCUT2D eigenvalue weighted by Crippen LogP contribution is -2.41. The second kappa shape index (κ2) is 5.76. The van der Waals surface area contributed by atoms with Crippen LogP contribution in [0.3, 0.4) is 0 Å². The van der Waals surface area contributed by atoms with Crippen molar-refractivity contribution in [3.8, 4) is 0 Å². The summed E-state index contributed by atoms with van der Waals surface area (Å²) in [4.78, 5) is 13.1. The smallest absolute Gasteiger partial charge is 0.268 e. The monoisotopic (exact) mass is 328 g/mol. The molecule has 0 atom stereocenters. The molecule has 0 aliphatic carbocycles. The number of thiocarbonyl (C=S) groups is 1. The SMILES string of the molecule is Cc1nn(C)cc1C(=O)N(C(N)=S)c1ccc(F)c(F)c1F. The van der Waals surface area contributed by atoms with E-state index in [4.69, 9.17) is 18.0 Å². The lowest BCUT2D eigenvalue weighted by Gasteiger charge is -2.21. The minimum atomic E-state index is -1.71. The molecule has 0 bridgehead atoms. The predicted octanol–water partition coefficient (Wildman–Crippen LogP) is 2.04. The number of hydrogen-bond donors (Lipinski definition) is 1. The number of halogens is 3. The number of amides is 1. The number of carbonyl (C=O) groups is 1. The molecule has 0 radical (unpaired) electrons. The molecule has 2 aromatic rings. The summed E-state index contributed by atoms with van der Waals surface area (Å²) in [5.74, 6) is -5.44. The molecule has 0 unspecified atom stereocenters. The Morgan fingerprint density at radius 1 is 1.32 bits per heavy atom. The fraction of sp³-hybridized carbons (Fsp3) is 0.154. The summed E-state index contributed by atoms with van der Waals surface area (Å²) in [7, 11) is 1.59. The summed E-state index contributed by atoms with van der Waals surface area (Å²) >= 11 is 4.73. The van der Waals surface area contributed by atoms with E-state index >= 15 is 0 Å². The number of nitrogens with two attached hydrogens (primary N) is 1. The van der Waals surface area contributed by atoms with E-state index in [-0.39, 0.29) is 5.56 Å². The minimum Gasteiger partial charge on any atom is -0.376 e. The fourth-order valence-corrected chi connectivity index (χ4v) is 2.13. The highest BCUT2D eigenvalue weighted by Crippen LogP contribution is 2.25. The van der Waals surface area contributed by atoms with Gasteiger partial charge in [-0.25, -0.2) is 13.2 Å². The molecule has 9 heteroatoms. The van der Waals surface area contributed by atoms with Crippen molar-refractivity contribution in [2.45, 2.75) is 6.92 Å². The molecule has 1 heterocycles. The number of aromatic nitrogens is 2. The lowest BCUT2D eigenvalue weighted by atomic mass is 10.2. The van der Waals surface area contributed by atoms with Gasteiger partial charge in [0.1, 0.15) is 0 Å². The zero-order valence-electron chi connectivity index (χ0n) is 11.6. The largest absolute Gasteiger partial charge is 0.376 e. The van der Waals surface area contributed by atoms with Gasteiger partial charge >= 0.3 is 0 Å². The molecular weight excluding hydrogens is 317 g/mol. The molecule has 22 heavy (non-hydrogen) atoms. The average molecular weight is 328 g/mol. The second-order valence-electron chi connectivity index (χ2n) is 4.48. The van der Waals surface area contributed by atoms with Crippen LogP contribution in [0, 0.1) is 24.4 Å². The van der Waals surface area contributed by atoms with E-state index in [0.29, 0.717) is 16.7 Å². The van der Waals surface area contributed by atoms with Gasteiger partial charge in [0.15, 0.2) is 22.6 Å². The Morgan fingerprint density at radius 2 is 1.95 bits per heavy atom. The zero-order chi connectivity index (χ0) is 16.6. The molecule has 0 fully saturated rings.